The van der Waals surface area contributed by atoms with Crippen LogP contribution in [0.2, 0.25) is 0 Å². The topological polar surface area (TPSA) is 46.6 Å². The number of hydrogen-bond donors (Lipinski definition) is 0. The lowest BCUT2D eigenvalue weighted by Crippen LogP contribution is -2.50. The summed E-state index contributed by atoms with van der Waals surface area (Å²) in [4.78, 5) is 0.356. The van der Waals surface area contributed by atoms with Crippen LogP contribution in [0.1, 0.15) is 68.9 Å². The molecule has 4 nitrogen and oxygen atoms in total. The molecule has 1 unspecified atom stereocenters. The normalized spacial score (nSPS) is 22.5. The van der Waals surface area contributed by atoms with E-state index in [0.29, 0.717) is 23.1 Å². The molecule has 0 aromatic heterocycles. The molecule has 1 heterocycles. The molecule has 0 saturated heterocycles. The molecular weight excluding hydrogens is 382 g/mol. The van der Waals surface area contributed by atoms with E-state index in [2.05, 4.69) is 25.1 Å². The zero-order valence-corrected chi connectivity index (χ0v) is 18.2. The minimum atomic E-state index is -3.62. The number of nitrogens with zero attached hydrogens (tertiary/aromatic N) is 1. The van der Waals surface area contributed by atoms with Crippen LogP contribution in [0.4, 0.5) is 0 Å². The molecule has 5 heteroatoms. The Morgan fingerprint density at radius 1 is 0.966 bits per heavy atom. The molecule has 0 bridgehead atoms. The lowest BCUT2D eigenvalue weighted by Gasteiger charge is -2.42. The Labute approximate surface area is 174 Å². The van der Waals surface area contributed by atoms with Crippen LogP contribution in [0.15, 0.2) is 53.4 Å². The average molecular weight is 414 g/mol. The van der Waals surface area contributed by atoms with Crippen molar-refractivity contribution in [3.05, 3.63) is 59.7 Å². The van der Waals surface area contributed by atoms with Gasteiger partial charge in [-0.1, -0.05) is 56.9 Å². The second kappa shape index (κ2) is 8.11. The van der Waals surface area contributed by atoms with Gasteiger partial charge in [0.05, 0.1) is 12.0 Å². The maximum atomic E-state index is 13.9. The first-order valence-corrected chi connectivity index (χ1v) is 12.1. The van der Waals surface area contributed by atoms with Gasteiger partial charge in [0.15, 0.2) is 0 Å². The van der Waals surface area contributed by atoms with Gasteiger partial charge in [-0.25, -0.2) is 8.42 Å². The lowest BCUT2D eigenvalue weighted by molar-refractivity contribution is 0.140. The number of sulfonamides is 1. The van der Waals surface area contributed by atoms with Crippen molar-refractivity contribution in [2.24, 2.45) is 0 Å². The third kappa shape index (κ3) is 3.82. The average Bonchev–Trinajstić information content (AvgIpc) is 3.04. The summed E-state index contributed by atoms with van der Waals surface area (Å²) in [5.74, 6) is 1.02. The van der Waals surface area contributed by atoms with Crippen LogP contribution < -0.4 is 4.74 Å². The van der Waals surface area contributed by atoms with Crippen molar-refractivity contribution in [2.75, 3.05) is 7.11 Å². The summed E-state index contributed by atoms with van der Waals surface area (Å²) in [6.45, 7) is 2.71. The van der Waals surface area contributed by atoms with Crippen molar-refractivity contribution < 1.29 is 13.2 Å². The number of fused-ring (bicyclic) bond motifs is 1. The fourth-order valence-electron chi connectivity index (χ4n) is 5.32. The van der Waals surface area contributed by atoms with Crippen molar-refractivity contribution in [1.29, 1.82) is 0 Å². The molecule has 4 rings (SSSR count). The van der Waals surface area contributed by atoms with Gasteiger partial charge >= 0.3 is 0 Å². The number of hydrogen-bond acceptors (Lipinski definition) is 3. The van der Waals surface area contributed by atoms with Crippen molar-refractivity contribution in [3.63, 3.8) is 0 Å². The van der Waals surface area contributed by atoms with E-state index in [0.717, 1.165) is 37.7 Å². The molecule has 2 aliphatic rings. The summed E-state index contributed by atoms with van der Waals surface area (Å²) < 4.78 is 34.9. The summed E-state index contributed by atoms with van der Waals surface area (Å²) in [6, 6.07) is 15.2. The third-order valence-corrected chi connectivity index (χ3v) is 8.76. The summed E-state index contributed by atoms with van der Waals surface area (Å²) >= 11 is 0. The van der Waals surface area contributed by atoms with Gasteiger partial charge in [0.1, 0.15) is 5.75 Å². The van der Waals surface area contributed by atoms with Crippen LogP contribution in [0.25, 0.3) is 0 Å². The fourth-order valence-corrected chi connectivity index (χ4v) is 7.13. The monoisotopic (exact) mass is 413 g/mol. The van der Waals surface area contributed by atoms with Gasteiger partial charge in [-0.15, -0.1) is 0 Å². The predicted octanol–water partition coefficient (Wildman–Crippen LogP) is 5.49. The molecule has 1 saturated carbocycles. The molecule has 2 aromatic rings. The summed E-state index contributed by atoms with van der Waals surface area (Å²) in [6.07, 6.45) is 7.36. The SMILES string of the molecule is COc1ccc(S(=O)(=O)N2Cc3ccccc3C(C)CC23CCCCCC3)cc1. The van der Waals surface area contributed by atoms with E-state index < -0.39 is 10.0 Å². The predicted molar refractivity (Wildman–Crippen MR) is 116 cm³/mol. The highest BCUT2D eigenvalue weighted by atomic mass is 32.2. The first kappa shape index (κ1) is 20.4. The Kier molecular flexibility index (Phi) is 5.71. The highest BCUT2D eigenvalue weighted by molar-refractivity contribution is 7.89. The maximum absolute atomic E-state index is 13.9. The standard InChI is InChI=1S/C24H31NO3S/c1-19-17-24(15-7-3-4-8-16-24)25(18-20-9-5-6-10-23(19)20)29(26,27)22-13-11-21(28-2)12-14-22/h5-6,9-14,19H,3-4,7-8,15-18H2,1-2H3. The van der Waals surface area contributed by atoms with Gasteiger partial charge in [-0.3, -0.25) is 0 Å². The molecule has 0 N–H and O–H groups in total. The maximum Gasteiger partial charge on any atom is 0.243 e. The molecule has 156 valence electrons. The molecule has 1 atom stereocenters. The molecule has 29 heavy (non-hydrogen) atoms. The van der Waals surface area contributed by atoms with Gasteiger partial charge in [0, 0.05) is 12.1 Å². The fraction of sp³-hybridized carbons (Fsp3) is 0.500. The zero-order valence-electron chi connectivity index (χ0n) is 17.4. The van der Waals surface area contributed by atoms with Crippen LogP contribution in [-0.4, -0.2) is 25.4 Å². The Hall–Kier alpha value is -1.85. The summed E-state index contributed by atoms with van der Waals surface area (Å²) in [7, 11) is -2.03. The van der Waals surface area contributed by atoms with E-state index in [9.17, 15) is 8.42 Å². The van der Waals surface area contributed by atoms with Gasteiger partial charge in [0.2, 0.25) is 10.0 Å². The van der Waals surface area contributed by atoms with E-state index in [1.807, 2.05) is 10.4 Å². The van der Waals surface area contributed by atoms with Crippen molar-refractivity contribution in [3.8, 4) is 5.75 Å². The Morgan fingerprint density at radius 3 is 2.28 bits per heavy atom. The smallest absolute Gasteiger partial charge is 0.243 e. The van der Waals surface area contributed by atoms with E-state index in [1.165, 1.54) is 18.4 Å². The molecule has 0 radical (unpaired) electrons. The van der Waals surface area contributed by atoms with Crippen molar-refractivity contribution >= 4 is 10.0 Å². The van der Waals surface area contributed by atoms with Crippen molar-refractivity contribution in [2.45, 2.75) is 74.8 Å². The minimum Gasteiger partial charge on any atom is -0.497 e. The number of rotatable bonds is 3. The molecule has 0 amide bonds. The molecule has 2 aromatic carbocycles. The minimum absolute atomic E-state index is 0.312. The highest BCUT2D eigenvalue weighted by Gasteiger charge is 2.46. The van der Waals surface area contributed by atoms with E-state index in [1.54, 1.807) is 31.4 Å². The zero-order chi connectivity index (χ0) is 20.5. The quantitative estimate of drug-likeness (QED) is 0.669. The van der Waals surface area contributed by atoms with Crippen LogP contribution in [0.5, 0.6) is 5.75 Å². The van der Waals surface area contributed by atoms with Gasteiger partial charge in [-0.05, 0) is 60.6 Å². The van der Waals surface area contributed by atoms with Crippen LogP contribution in [0.3, 0.4) is 0 Å². The Morgan fingerprint density at radius 2 is 1.62 bits per heavy atom. The van der Waals surface area contributed by atoms with Gasteiger partial charge in [-0.2, -0.15) is 4.31 Å². The van der Waals surface area contributed by atoms with E-state index in [4.69, 9.17) is 4.74 Å². The number of ether oxygens (including phenoxy) is 1. The van der Waals surface area contributed by atoms with Crippen LogP contribution in [0, 0.1) is 0 Å². The molecular formula is C24H31NO3S. The molecule has 1 spiro atoms. The van der Waals surface area contributed by atoms with Gasteiger partial charge in [0.25, 0.3) is 0 Å². The van der Waals surface area contributed by atoms with Crippen LogP contribution >= 0.6 is 0 Å². The summed E-state index contributed by atoms with van der Waals surface area (Å²) in [5.41, 5.74) is 2.12. The lowest BCUT2D eigenvalue weighted by atomic mass is 9.80. The van der Waals surface area contributed by atoms with Crippen LogP contribution in [-0.2, 0) is 16.6 Å². The van der Waals surface area contributed by atoms with Crippen molar-refractivity contribution in [1.82, 2.24) is 4.31 Å². The number of benzene rings is 2. The molecule has 1 fully saturated rings. The highest BCUT2D eigenvalue weighted by Crippen LogP contribution is 2.46. The molecule has 1 aliphatic carbocycles. The Bertz CT molecular complexity index is 944. The third-order valence-electron chi connectivity index (χ3n) is 6.80. The second-order valence-corrected chi connectivity index (χ2v) is 10.5. The van der Waals surface area contributed by atoms with Gasteiger partial charge < -0.3 is 4.74 Å². The van der Waals surface area contributed by atoms with E-state index >= 15 is 0 Å². The Balaban J connectivity index is 1.83. The summed E-state index contributed by atoms with van der Waals surface area (Å²) in [5, 5.41) is 0. The second-order valence-electron chi connectivity index (χ2n) is 8.63. The first-order chi connectivity index (χ1) is 14.0. The molecule has 1 aliphatic heterocycles. The number of methoxy groups -OCH3 is 1. The van der Waals surface area contributed by atoms with E-state index in [-0.39, 0.29) is 5.54 Å². The first-order valence-electron chi connectivity index (χ1n) is 10.7. The largest absolute Gasteiger partial charge is 0.497 e.